The van der Waals surface area contributed by atoms with Crippen LogP contribution in [0.4, 0.5) is 18.9 Å². The number of nitrogens with one attached hydrogen (secondary N) is 1. The van der Waals surface area contributed by atoms with E-state index < -0.39 is 41.7 Å². The molecule has 8 nitrogen and oxygen atoms in total. The van der Waals surface area contributed by atoms with E-state index in [1.807, 2.05) is 0 Å². The van der Waals surface area contributed by atoms with Gasteiger partial charge in [0.05, 0.1) is 13.1 Å². The third kappa shape index (κ3) is 5.17. The fourth-order valence-corrected chi connectivity index (χ4v) is 3.99. The molecule has 0 radical (unpaired) electrons. The number of nitrogens with two attached hydrogens (primary N) is 1. The molecule has 0 spiro atoms. The first kappa shape index (κ1) is 24.6. The number of carbonyl (C=O) groups excluding carboxylic acids is 2. The third-order valence-electron chi connectivity index (χ3n) is 5.06. The van der Waals surface area contributed by atoms with E-state index in [1.54, 1.807) is 13.0 Å². The average molecular weight is 528 g/mol. The van der Waals surface area contributed by atoms with Gasteiger partial charge in [-0.3, -0.25) is 14.6 Å². The van der Waals surface area contributed by atoms with Crippen molar-refractivity contribution in [3.63, 3.8) is 0 Å². The largest absolute Gasteiger partial charge is 0.386 e. The van der Waals surface area contributed by atoms with Gasteiger partial charge >= 0.3 is 0 Å². The van der Waals surface area contributed by atoms with Crippen LogP contribution in [0.1, 0.15) is 21.6 Å². The molecule has 3 rings (SSSR count). The lowest BCUT2D eigenvalue weighted by Crippen LogP contribution is -2.55. The van der Waals surface area contributed by atoms with Crippen molar-refractivity contribution in [1.29, 1.82) is 0 Å². The molecule has 1 aromatic carbocycles. The molecule has 2 heterocycles. The van der Waals surface area contributed by atoms with Crippen molar-refractivity contribution in [2.45, 2.75) is 18.9 Å². The molecule has 0 aliphatic carbocycles. The van der Waals surface area contributed by atoms with Gasteiger partial charge in [-0.25, -0.2) is 18.2 Å². The monoisotopic (exact) mass is 527 g/mol. The van der Waals surface area contributed by atoms with Crippen LogP contribution in [0.25, 0.3) is 0 Å². The highest BCUT2D eigenvalue weighted by atomic mass is 79.9. The highest BCUT2D eigenvalue weighted by Gasteiger charge is 2.48. The van der Waals surface area contributed by atoms with Crippen LogP contribution in [0.15, 0.2) is 39.9 Å². The number of halogens is 4. The number of aliphatic imine (C=N–C) groups is 1. The lowest BCUT2D eigenvalue weighted by molar-refractivity contribution is -0.136. The number of anilines is 1. The molecule has 0 bridgehead atoms. The minimum atomic E-state index is -3.20. The standard InChI is InChI=1S/C21H21BrF3N5O3/c1-11-5-12(22)7-27-18(11)19(32)28-13-3-4-15(23)14(6-13)21(20(24)25)10-30(8-16(26)29-21)17(31)9-33-2/h3-7,20H,8-10H2,1-2H3,(H2,26,29)(H,28,32). The van der Waals surface area contributed by atoms with Crippen LogP contribution < -0.4 is 11.1 Å². The number of alkyl halides is 2. The van der Waals surface area contributed by atoms with Gasteiger partial charge in [-0.1, -0.05) is 0 Å². The maximum absolute atomic E-state index is 14.8. The molecule has 2 aromatic rings. The topological polar surface area (TPSA) is 110 Å². The lowest BCUT2D eigenvalue weighted by Gasteiger charge is -2.39. The number of aryl methyl sites for hydroxylation is 1. The molecule has 176 valence electrons. The van der Waals surface area contributed by atoms with E-state index in [4.69, 9.17) is 10.5 Å². The van der Waals surface area contributed by atoms with E-state index in [-0.39, 0.29) is 30.4 Å². The van der Waals surface area contributed by atoms with Crippen LogP contribution in [0.5, 0.6) is 0 Å². The third-order valence-corrected chi connectivity index (χ3v) is 5.49. The van der Waals surface area contributed by atoms with Gasteiger partial charge in [0, 0.05) is 29.0 Å². The van der Waals surface area contributed by atoms with Crippen molar-refractivity contribution in [2.75, 3.05) is 32.1 Å². The highest BCUT2D eigenvalue weighted by molar-refractivity contribution is 9.10. The molecule has 0 saturated heterocycles. The van der Waals surface area contributed by atoms with Crippen molar-refractivity contribution in [3.8, 4) is 0 Å². The molecule has 1 aromatic heterocycles. The number of hydrogen-bond acceptors (Lipinski definition) is 6. The van der Waals surface area contributed by atoms with Gasteiger partial charge in [-0.05, 0) is 52.7 Å². The van der Waals surface area contributed by atoms with Gasteiger partial charge < -0.3 is 20.7 Å². The fraction of sp³-hybridized carbons (Fsp3) is 0.333. The van der Waals surface area contributed by atoms with E-state index >= 15 is 0 Å². The van der Waals surface area contributed by atoms with Gasteiger partial charge in [0.15, 0.2) is 5.54 Å². The minimum Gasteiger partial charge on any atom is -0.386 e. The Hall–Kier alpha value is -2.99. The minimum absolute atomic E-state index is 0.0506. The van der Waals surface area contributed by atoms with Crippen molar-refractivity contribution < 1.29 is 27.5 Å². The number of aromatic nitrogens is 1. The molecule has 12 heteroatoms. The number of amides is 2. The molecule has 3 N–H and O–H groups in total. The molecular weight excluding hydrogens is 507 g/mol. The molecule has 1 unspecified atom stereocenters. The average Bonchev–Trinajstić information content (AvgIpc) is 2.74. The summed E-state index contributed by atoms with van der Waals surface area (Å²) in [6, 6.07) is 4.93. The Morgan fingerprint density at radius 3 is 2.73 bits per heavy atom. The van der Waals surface area contributed by atoms with Crippen molar-refractivity contribution in [1.82, 2.24) is 9.88 Å². The summed E-state index contributed by atoms with van der Waals surface area (Å²) < 4.78 is 49.1. The summed E-state index contributed by atoms with van der Waals surface area (Å²) >= 11 is 3.26. The number of benzene rings is 1. The number of rotatable bonds is 6. The van der Waals surface area contributed by atoms with Gasteiger partial charge in [0.1, 0.15) is 24.0 Å². The molecule has 2 amide bonds. The quantitative estimate of drug-likeness (QED) is 0.600. The molecule has 33 heavy (non-hydrogen) atoms. The molecular formula is C21H21BrF3N5O3. The summed E-state index contributed by atoms with van der Waals surface area (Å²) in [5.41, 5.74) is 3.54. The first-order chi connectivity index (χ1) is 15.6. The summed E-state index contributed by atoms with van der Waals surface area (Å²) in [5, 5.41) is 2.54. The summed E-state index contributed by atoms with van der Waals surface area (Å²) in [6.45, 7) is 0.517. The second-order valence-corrected chi connectivity index (χ2v) is 8.39. The van der Waals surface area contributed by atoms with Crippen LogP contribution in [0.3, 0.4) is 0 Å². The van der Waals surface area contributed by atoms with E-state index in [0.717, 1.165) is 17.0 Å². The van der Waals surface area contributed by atoms with Gasteiger partial charge in [0.2, 0.25) is 5.91 Å². The molecule has 1 aliphatic heterocycles. The zero-order valence-electron chi connectivity index (χ0n) is 17.7. The van der Waals surface area contributed by atoms with E-state index in [2.05, 4.69) is 31.2 Å². The van der Waals surface area contributed by atoms with E-state index in [0.29, 0.717) is 10.0 Å². The van der Waals surface area contributed by atoms with Crippen molar-refractivity contribution in [3.05, 3.63) is 57.6 Å². The zero-order chi connectivity index (χ0) is 24.3. The summed E-state index contributed by atoms with van der Waals surface area (Å²) in [6.07, 6.45) is -1.76. The van der Waals surface area contributed by atoms with Gasteiger partial charge in [-0.2, -0.15) is 0 Å². The number of amidine groups is 1. The van der Waals surface area contributed by atoms with Crippen LogP contribution in [-0.4, -0.2) is 60.8 Å². The summed E-state index contributed by atoms with van der Waals surface area (Å²) in [4.78, 5) is 33.9. The second-order valence-electron chi connectivity index (χ2n) is 7.48. The summed E-state index contributed by atoms with van der Waals surface area (Å²) in [5.74, 6) is -2.44. The first-order valence-electron chi connectivity index (χ1n) is 9.70. The number of carbonyl (C=O) groups is 2. The smallest absolute Gasteiger partial charge is 0.274 e. The number of methoxy groups -OCH3 is 1. The maximum Gasteiger partial charge on any atom is 0.274 e. The Bertz CT molecular complexity index is 1110. The Morgan fingerprint density at radius 2 is 2.09 bits per heavy atom. The second kappa shape index (κ2) is 9.87. The SMILES string of the molecule is COCC(=O)N1CC(N)=NC(c2cc(NC(=O)c3ncc(Br)cc3C)ccc2F)(C(F)F)C1. The van der Waals surface area contributed by atoms with Crippen molar-refractivity contribution in [2.24, 2.45) is 10.7 Å². The fourth-order valence-electron chi connectivity index (χ4n) is 3.54. The van der Waals surface area contributed by atoms with Crippen LogP contribution in [-0.2, 0) is 15.1 Å². The Labute approximate surface area is 196 Å². The predicted molar refractivity (Wildman–Crippen MR) is 119 cm³/mol. The predicted octanol–water partition coefficient (Wildman–Crippen LogP) is 2.85. The van der Waals surface area contributed by atoms with Crippen LogP contribution >= 0.6 is 15.9 Å². The molecule has 0 saturated carbocycles. The summed E-state index contributed by atoms with van der Waals surface area (Å²) in [7, 11) is 1.29. The number of nitrogens with zero attached hydrogens (tertiary/aromatic N) is 3. The highest BCUT2D eigenvalue weighted by Crippen LogP contribution is 2.38. The van der Waals surface area contributed by atoms with Gasteiger partial charge in [0.25, 0.3) is 12.3 Å². The van der Waals surface area contributed by atoms with Crippen molar-refractivity contribution >= 4 is 39.3 Å². The molecule has 1 aliphatic rings. The maximum atomic E-state index is 14.8. The van der Waals surface area contributed by atoms with E-state index in [9.17, 15) is 22.8 Å². The molecule has 1 atom stereocenters. The number of hydrogen-bond donors (Lipinski definition) is 2. The normalized spacial score (nSPS) is 18.3. The Balaban J connectivity index is 2.00. The Morgan fingerprint density at radius 1 is 1.36 bits per heavy atom. The van der Waals surface area contributed by atoms with Crippen LogP contribution in [0.2, 0.25) is 0 Å². The van der Waals surface area contributed by atoms with E-state index in [1.165, 1.54) is 19.4 Å². The Kier molecular flexibility index (Phi) is 7.38. The van der Waals surface area contributed by atoms with Gasteiger partial charge in [-0.15, -0.1) is 0 Å². The molecule has 0 fully saturated rings. The van der Waals surface area contributed by atoms with Crippen LogP contribution in [0, 0.1) is 12.7 Å². The lowest BCUT2D eigenvalue weighted by atomic mass is 9.87. The zero-order valence-corrected chi connectivity index (χ0v) is 19.3. The number of pyridine rings is 1. The first-order valence-corrected chi connectivity index (χ1v) is 10.5. The number of ether oxygens (including phenoxy) is 1.